The standard InChI is InChI=1S/C20H27N3O2/c1-13(24)21-16-7-5-14(6-8-16)11-18(25)23-22-17-12-15-9-10-20(17,4)19(15,2)3/h5-8,15H,9-12H2,1-4H3,(H,21,24)(H,23,25)/b22-17-/t15-,20+/m1/s1. The van der Waals surface area contributed by atoms with Crippen molar-refractivity contribution < 1.29 is 9.59 Å². The predicted octanol–water partition coefficient (Wildman–Crippen LogP) is 3.51. The Morgan fingerprint density at radius 2 is 1.88 bits per heavy atom. The number of hydrogen-bond donors (Lipinski definition) is 2. The second kappa shape index (κ2) is 6.28. The van der Waals surface area contributed by atoms with Crippen LogP contribution in [0.15, 0.2) is 29.4 Å². The molecule has 25 heavy (non-hydrogen) atoms. The molecule has 0 unspecified atom stereocenters. The zero-order valence-corrected chi connectivity index (χ0v) is 15.5. The first kappa shape index (κ1) is 17.6. The van der Waals surface area contributed by atoms with Crippen LogP contribution in [0.3, 0.4) is 0 Å². The van der Waals surface area contributed by atoms with Gasteiger partial charge in [-0.2, -0.15) is 5.10 Å². The first-order valence-corrected chi connectivity index (χ1v) is 8.95. The molecule has 134 valence electrons. The summed E-state index contributed by atoms with van der Waals surface area (Å²) >= 11 is 0. The van der Waals surface area contributed by atoms with Gasteiger partial charge in [0.1, 0.15) is 0 Å². The normalized spacial score (nSPS) is 28.2. The van der Waals surface area contributed by atoms with Crippen molar-refractivity contribution in [2.45, 2.75) is 53.4 Å². The average molecular weight is 341 g/mol. The second-order valence-corrected chi connectivity index (χ2v) is 8.14. The van der Waals surface area contributed by atoms with Crippen LogP contribution in [0.1, 0.15) is 52.5 Å². The molecular formula is C20H27N3O2. The summed E-state index contributed by atoms with van der Waals surface area (Å²) in [6.45, 7) is 8.40. The van der Waals surface area contributed by atoms with Gasteiger partial charge >= 0.3 is 0 Å². The second-order valence-electron chi connectivity index (χ2n) is 8.14. The largest absolute Gasteiger partial charge is 0.326 e. The fraction of sp³-hybridized carbons (Fsp3) is 0.550. The minimum Gasteiger partial charge on any atom is -0.326 e. The number of rotatable bonds is 4. The maximum Gasteiger partial charge on any atom is 0.244 e. The monoisotopic (exact) mass is 341 g/mol. The molecule has 1 aromatic rings. The van der Waals surface area contributed by atoms with Gasteiger partial charge in [0, 0.05) is 23.7 Å². The fourth-order valence-electron chi connectivity index (χ4n) is 4.36. The number of carbonyl (C=O) groups is 2. The van der Waals surface area contributed by atoms with Gasteiger partial charge in [-0.1, -0.05) is 32.9 Å². The Bertz CT molecular complexity index is 721. The van der Waals surface area contributed by atoms with Gasteiger partial charge in [0.15, 0.2) is 0 Å². The Morgan fingerprint density at radius 3 is 2.40 bits per heavy atom. The number of carbonyl (C=O) groups excluding carboxylic acids is 2. The lowest BCUT2D eigenvalue weighted by Gasteiger charge is -2.34. The zero-order chi connectivity index (χ0) is 18.2. The number of nitrogens with zero attached hydrogens (tertiary/aromatic N) is 1. The lowest BCUT2D eigenvalue weighted by atomic mass is 9.70. The summed E-state index contributed by atoms with van der Waals surface area (Å²) in [4.78, 5) is 23.2. The quantitative estimate of drug-likeness (QED) is 0.823. The van der Waals surface area contributed by atoms with Crippen molar-refractivity contribution in [1.29, 1.82) is 0 Å². The molecule has 2 bridgehead atoms. The topological polar surface area (TPSA) is 70.6 Å². The molecule has 1 aromatic carbocycles. The molecule has 0 radical (unpaired) electrons. The third-order valence-electron chi connectivity index (χ3n) is 6.47. The summed E-state index contributed by atoms with van der Waals surface area (Å²) in [6.07, 6.45) is 3.69. The number of benzene rings is 1. The molecule has 2 aliphatic carbocycles. The minimum absolute atomic E-state index is 0.102. The highest BCUT2D eigenvalue weighted by Crippen LogP contribution is 2.63. The molecule has 5 nitrogen and oxygen atoms in total. The molecule has 0 heterocycles. The molecule has 0 saturated heterocycles. The Kier molecular flexibility index (Phi) is 4.43. The highest BCUT2D eigenvalue weighted by molar-refractivity contribution is 5.95. The summed E-state index contributed by atoms with van der Waals surface area (Å²) < 4.78 is 0. The smallest absolute Gasteiger partial charge is 0.244 e. The van der Waals surface area contributed by atoms with E-state index >= 15 is 0 Å². The number of anilines is 1. The van der Waals surface area contributed by atoms with Crippen molar-refractivity contribution in [3.05, 3.63) is 29.8 Å². The van der Waals surface area contributed by atoms with Crippen LogP contribution in [-0.2, 0) is 16.0 Å². The maximum atomic E-state index is 12.2. The van der Waals surface area contributed by atoms with Gasteiger partial charge in [-0.3, -0.25) is 9.59 Å². The Balaban J connectivity index is 1.59. The summed E-state index contributed by atoms with van der Waals surface area (Å²) in [6, 6.07) is 7.30. The van der Waals surface area contributed by atoms with Crippen LogP contribution >= 0.6 is 0 Å². The van der Waals surface area contributed by atoms with E-state index in [0.717, 1.165) is 29.8 Å². The molecule has 2 saturated carbocycles. The van der Waals surface area contributed by atoms with E-state index in [1.54, 1.807) is 12.1 Å². The van der Waals surface area contributed by atoms with E-state index in [9.17, 15) is 9.59 Å². The first-order valence-electron chi connectivity index (χ1n) is 8.95. The summed E-state index contributed by atoms with van der Waals surface area (Å²) in [7, 11) is 0. The molecular weight excluding hydrogens is 314 g/mol. The van der Waals surface area contributed by atoms with Gasteiger partial charge in [-0.15, -0.1) is 0 Å². The van der Waals surface area contributed by atoms with Crippen LogP contribution in [-0.4, -0.2) is 17.5 Å². The van der Waals surface area contributed by atoms with Crippen LogP contribution in [0.4, 0.5) is 5.69 Å². The molecule has 2 aliphatic rings. The third-order valence-corrected chi connectivity index (χ3v) is 6.47. The molecule has 2 amide bonds. The number of hydrogen-bond acceptors (Lipinski definition) is 3. The molecule has 3 rings (SSSR count). The van der Waals surface area contributed by atoms with E-state index in [2.05, 4.69) is 36.6 Å². The lowest BCUT2D eigenvalue weighted by Crippen LogP contribution is -2.34. The van der Waals surface area contributed by atoms with Crippen LogP contribution in [0.2, 0.25) is 0 Å². The van der Waals surface area contributed by atoms with Gasteiger partial charge in [-0.05, 0) is 48.3 Å². The Labute approximate surface area is 149 Å². The SMILES string of the molecule is CC(=O)Nc1ccc(CC(=O)N/N=C2/C[C@H]3CC[C@]2(C)C3(C)C)cc1. The molecule has 0 aromatic heterocycles. The van der Waals surface area contributed by atoms with E-state index in [-0.39, 0.29) is 29.1 Å². The van der Waals surface area contributed by atoms with E-state index in [0.29, 0.717) is 5.92 Å². The van der Waals surface area contributed by atoms with Gasteiger partial charge in [0.05, 0.1) is 6.42 Å². The third kappa shape index (κ3) is 3.20. The van der Waals surface area contributed by atoms with Crippen molar-refractivity contribution in [1.82, 2.24) is 5.43 Å². The van der Waals surface area contributed by atoms with Crippen LogP contribution in [0.5, 0.6) is 0 Å². The van der Waals surface area contributed by atoms with Crippen molar-refractivity contribution in [3.63, 3.8) is 0 Å². The maximum absolute atomic E-state index is 12.2. The fourth-order valence-corrected chi connectivity index (χ4v) is 4.36. The van der Waals surface area contributed by atoms with E-state index in [1.165, 1.54) is 13.3 Å². The molecule has 2 fully saturated rings. The van der Waals surface area contributed by atoms with E-state index < -0.39 is 0 Å². The minimum atomic E-state index is -0.108. The van der Waals surface area contributed by atoms with Gasteiger partial charge in [0.2, 0.25) is 11.8 Å². The summed E-state index contributed by atoms with van der Waals surface area (Å²) in [5, 5.41) is 7.20. The first-order chi connectivity index (χ1) is 11.7. The number of hydrazone groups is 1. The highest BCUT2D eigenvalue weighted by atomic mass is 16.2. The van der Waals surface area contributed by atoms with Crippen molar-refractivity contribution in [2.75, 3.05) is 5.32 Å². The van der Waals surface area contributed by atoms with Gasteiger partial charge in [-0.25, -0.2) is 5.43 Å². The molecule has 0 spiro atoms. The molecule has 0 aliphatic heterocycles. The Morgan fingerprint density at radius 1 is 1.20 bits per heavy atom. The van der Waals surface area contributed by atoms with Crippen LogP contribution in [0, 0.1) is 16.7 Å². The molecule has 2 atom stereocenters. The van der Waals surface area contributed by atoms with E-state index in [4.69, 9.17) is 0 Å². The van der Waals surface area contributed by atoms with Crippen molar-refractivity contribution >= 4 is 23.2 Å². The van der Waals surface area contributed by atoms with Gasteiger partial charge in [0.25, 0.3) is 0 Å². The Hall–Kier alpha value is -2.17. The number of fused-ring (bicyclic) bond motifs is 2. The highest BCUT2D eigenvalue weighted by Gasteiger charge is 2.59. The summed E-state index contributed by atoms with van der Waals surface area (Å²) in [5.74, 6) is 0.460. The summed E-state index contributed by atoms with van der Waals surface area (Å²) in [5.41, 5.74) is 5.88. The average Bonchev–Trinajstić information content (AvgIpc) is 2.87. The lowest BCUT2D eigenvalue weighted by molar-refractivity contribution is -0.120. The number of amides is 2. The zero-order valence-electron chi connectivity index (χ0n) is 15.5. The predicted molar refractivity (Wildman–Crippen MR) is 99.3 cm³/mol. The van der Waals surface area contributed by atoms with Crippen LogP contribution < -0.4 is 10.7 Å². The van der Waals surface area contributed by atoms with Crippen molar-refractivity contribution in [2.24, 2.45) is 21.8 Å². The van der Waals surface area contributed by atoms with E-state index in [1.807, 2.05) is 12.1 Å². The van der Waals surface area contributed by atoms with Crippen molar-refractivity contribution in [3.8, 4) is 0 Å². The molecule has 2 N–H and O–H groups in total. The van der Waals surface area contributed by atoms with Crippen LogP contribution in [0.25, 0.3) is 0 Å². The number of nitrogens with one attached hydrogen (secondary N) is 2. The molecule has 5 heteroatoms. The van der Waals surface area contributed by atoms with Gasteiger partial charge < -0.3 is 5.32 Å².